The van der Waals surface area contributed by atoms with E-state index in [-0.39, 0.29) is 24.7 Å². The third-order valence-corrected chi connectivity index (χ3v) is 5.22. The lowest BCUT2D eigenvalue weighted by atomic mass is 9.80. The first-order valence-corrected chi connectivity index (χ1v) is 8.31. The smallest absolute Gasteiger partial charge is 0.306 e. The molecular formula is C16H14N2O5S. The number of fused-ring (bicyclic) bond motifs is 1. The minimum absolute atomic E-state index is 0.0744. The second-order valence-electron chi connectivity index (χ2n) is 5.77. The fourth-order valence-corrected chi connectivity index (χ4v) is 3.55. The fourth-order valence-electron chi connectivity index (χ4n) is 2.74. The van der Waals surface area contributed by atoms with Crippen LogP contribution in [0.2, 0.25) is 0 Å². The van der Waals surface area contributed by atoms with E-state index in [0.29, 0.717) is 29.2 Å². The number of aliphatic carboxylic acids is 1. The van der Waals surface area contributed by atoms with Crippen molar-refractivity contribution in [2.45, 2.75) is 18.9 Å². The monoisotopic (exact) mass is 346 g/mol. The summed E-state index contributed by atoms with van der Waals surface area (Å²) >= 11 is 1.29. The topological polar surface area (TPSA) is 97.8 Å². The number of carbonyl (C=O) groups is 2. The molecule has 1 amide bonds. The highest BCUT2D eigenvalue weighted by Crippen LogP contribution is 2.37. The van der Waals surface area contributed by atoms with Crippen molar-refractivity contribution >= 4 is 23.2 Å². The largest absolute Gasteiger partial charge is 0.481 e. The Hall–Kier alpha value is -2.61. The Morgan fingerprint density at radius 2 is 2.04 bits per heavy atom. The minimum atomic E-state index is -0.802. The van der Waals surface area contributed by atoms with E-state index >= 15 is 0 Å². The Kier molecular flexibility index (Phi) is 3.61. The van der Waals surface area contributed by atoms with Crippen molar-refractivity contribution in [1.82, 2.24) is 10.3 Å². The molecule has 0 saturated heterocycles. The number of benzene rings is 1. The van der Waals surface area contributed by atoms with Gasteiger partial charge in [0.05, 0.1) is 12.1 Å². The standard InChI is InChI=1S/C16H14N2O5S/c19-14(18-10-3-9(4-10)16(20)21)13-6-17-15(24-13)8-1-2-11-12(5-8)23-7-22-11/h1-2,5-6,9-10H,3-4,7H2,(H,18,19)(H,20,21). The molecule has 2 aliphatic rings. The van der Waals surface area contributed by atoms with Gasteiger partial charge in [-0.05, 0) is 31.0 Å². The van der Waals surface area contributed by atoms with Crippen LogP contribution >= 0.6 is 11.3 Å². The highest BCUT2D eigenvalue weighted by atomic mass is 32.1. The van der Waals surface area contributed by atoms with Crippen molar-refractivity contribution in [3.05, 3.63) is 29.3 Å². The quantitative estimate of drug-likeness (QED) is 0.880. The van der Waals surface area contributed by atoms with Crippen LogP contribution in [0.3, 0.4) is 0 Å². The number of carboxylic acid groups (broad SMARTS) is 1. The molecule has 1 aliphatic carbocycles. The molecule has 0 radical (unpaired) electrons. The van der Waals surface area contributed by atoms with Crippen LogP contribution in [0.5, 0.6) is 11.5 Å². The third kappa shape index (κ3) is 2.69. The highest BCUT2D eigenvalue weighted by Gasteiger charge is 2.35. The lowest BCUT2D eigenvalue weighted by Gasteiger charge is -2.32. The summed E-state index contributed by atoms with van der Waals surface area (Å²) in [6.07, 6.45) is 2.50. The molecule has 1 saturated carbocycles. The molecule has 0 unspecified atom stereocenters. The molecule has 0 spiro atoms. The fraction of sp³-hybridized carbons (Fsp3) is 0.312. The van der Waals surface area contributed by atoms with Crippen molar-refractivity contribution in [3.63, 3.8) is 0 Å². The second-order valence-corrected chi connectivity index (χ2v) is 6.81. The lowest BCUT2D eigenvalue weighted by molar-refractivity contribution is -0.145. The van der Waals surface area contributed by atoms with Crippen LogP contribution in [-0.4, -0.2) is 34.8 Å². The normalized spacial score (nSPS) is 21.2. The van der Waals surface area contributed by atoms with Gasteiger partial charge in [0.1, 0.15) is 9.88 Å². The number of nitrogens with one attached hydrogen (secondary N) is 1. The zero-order chi connectivity index (χ0) is 16.7. The van der Waals surface area contributed by atoms with Gasteiger partial charge in [-0.1, -0.05) is 0 Å². The van der Waals surface area contributed by atoms with Crippen LogP contribution in [0.25, 0.3) is 10.6 Å². The maximum atomic E-state index is 12.2. The van der Waals surface area contributed by atoms with Gasteiger partial charge < -0.3 is 19.9 Å². The first-order valence-electron chi connectivity index (χ1n) is 7.49. The molecule has 1 aromatic carbocycles. The summed E-state index contributed by atoms with van der Waals surface area (Å²) in [6.45, 7) is 0.211. The molecule has 1 aromatic heterocycles. The third-order valence-electron chi connectivity index (χ3n) is 4.17. The summed E-state index contributed by atoms with van der Waals surface area (Å²) in [5.74, 6) is 0.00629. The Balaban J connectivity index is 1.43. The van der Waals surface area contributed by atoms with Gasteiger partial charge in [0.2, 0.25) is 6.79 Å². The van der Waals surface area contributed by atoms with E-state index in [1.807, 2.05) is 18.2 Å². The Labute approximate surface area is 141 Å². The van der Waals surface area contributed by atoms with Gasteiger partial charge in [0.15, 0.2) is 11.5 Å². The summed E-state index contributed by atoms with van der Waals surface area (Å²) in [6, 6.07) is 5.46. The average Bonchev–Trinajstić information content (AvgIpc) is 3.17. The van der Waals surface area contributed by atoms with Crippen LogP contribution < -0.4 is 14.8 Å². The van der Waals surface area contributed by atoms with E-state index in [1.165, 1.54) is 17.5 Å². The molecule has 2 N–H and O–H groups in total. The summed E-state index contributed by atoms with van der Waals surface area (Å²) in [4.78, 5) is 27.8. The molecule has 4 rings (SSSR count). The van der Waals surface area contributed by atoms with E-state index in [9.17, 15) is 9.59 Å². The molecule has 0 atom stereocenters. The number of amides is 1. The van der Waals surface area contributed by atoms with E-state index in [0.717, 1.165) is 10.6 Å². The van der Waals surface area contributed by atoms with Crippen molar-refractivity contribution in [3.8, 4) is 22.1 Å². The van der Waals surface area contributed by atoms with Gasteiger partial charge in [0.25, 0.3) is 5.91 Å². The minimum Gasteiger partial charge on any atom is -0.481 e. The number of carboxylic acids is 1. The van der Waals surface area contributed by atoms with E-state index < -0.39 is 5.97 Å². The number of ether oxygens (including phenoxy) is 2. The number of rotatable bonds is 4. The molecule has 24 heavy (non-hydrogen) atoms. The molecule has 1 aliphatic heterocycles. The lowest BCUT2D eigenvalue weighted by Crippen LogP contribution is -2.46. The first-order chi connectivity index (χ1) is 11.6. The summed E-state index contributed by atoms with van der Waals surface area (Å²) in [7, 11) is 0. The molecule has 7 nitrogen and oxygen atoms in total. The molecule has 0 bridgehead atoms. The Bertz CT molecular complexity index is 813. The summed E-state index contributed by atoms with van der Waals surface area (Å²) < 4.78 is 10.6. The number of nitrogens with zero attached hydrogens (tertiary/aromatic N) is 1. The van der Waals surface area contributed by atoms with Gasteiger partial charge in [-0.25, -0.2) is 4.98 Å². The van der Waals surface area contributed by atoms with E-state index in [4.69, 9.17) is 14.6 Å². The van der Waals surface area contributed by atoms with Crippen LogP contribution in [-0.2, 0) is 4.79 Å². The average molecular weight is 346 g/mol. The van der Waals surface area contributed by atoms with Crippen LogP contribution in [0.1, 0.15) is 22.5 Å². The SMILES string of the molecule is O=C(NC1CC(C(=O)O)C1)c1cnc(-c2ccc3c(c2)OCO3)s1. The Morgan fingerprint density at radius 1 is 1.25 bits per heavy atom. The molecular weight excluding hydrogens is 332 g/mol. The number of thiazole rings is 1. The molecule has 2 aromatic rings. The van der Waals surface area contributed by atoms with Gasteiger partial charge in [0, 0.05) is 11.6 Å². The van der Waals surface area contributed by atoms with Crippen molar-refractivity contribution in [2.24, 2.45) is 5.92 Å². The van der Waals surface area contributed by atoms with Crippen molar-refractivity contribution < 1.29 is 24.2 Å². The molecule has 8 heteroatoms. The van der Waals surface area contributed by atoms with Gasteiger partial charge in [-0.3, -0.25) is 9.59 Å². The Morgan fingerprint density at radius 3 is 2.83 bits per heavy atom. The molecule has 124 valence electrons. The van der Waals surface area contributed by atoms with Crippen LogP contribution in [0.15, 0.2) is 24.4 Å². The number of hydrogen-bond donors (Lipinski definition) is 2. The van der Waals surface area contributed by atoms with Gasteiger partial charge in [-0.15, -0.1) is 11.3 Å². The van der Waals surface area contributed by atoms with Crippen LogP contribution in [0.4, 0.5) is 0 Å². The van der Waals surface area contributed by atoms with Crippen LogP contribution in [0, 0.1) is 5.92 Å². The second kappa shape index (κ2) is 5.79. The predicted octanol–water partition coefficient (Wildman–Crippen LogP) is 2.13. The number of carbonyl (C=O) groups excluding carboxylic acids is 1. The van der Waals surface area contributed by atoms with Crippen molar-refractivity contribution in [1.29, 1.82) is 0 Å². The zero-order valence-electron chi connectivity index (χ0n) is 12.5. The predicted molar refractivity (Wildman–Crippen MR) is 85.3 cm³/mol. The molecule has 2 heterocycles. The molecule has 1 fully saturated rings. The van der Waals surface area contributed by atoms with Gasteiger partial charge in [-0.2, -0.15) is 0 Å². The van der Waals surface area contributed by atoms with E-state index in [1.54, 1.807) is 0 Å². The summed E-state index contributed by atoms with van der Waals surface area (Å²) in [5.41, 5.74) is 0.859. The zero-order valence-corrected chi connectivity index (χ0v) is 13.3. The maximum Gasteiger partial charge on any atom is 0.306 e. The number of hydrogen-bond acceptors (Lipinski definition) is 6. The van der Waals surface area contributed by atoms with Gasteiger partial charge >= 0.3 is 5.97 Å². The highest BCUT2D eigenvalue weighted by molar-refractivity contribution is 7.16. The summed E-state index contributed by atoms with van der Waals surface area (Å²) in [5, 5.41) is 12.4. The maximum absolute atomic E-state index is 12.2. The number of aromatic nitrogens is 1. The first kappa shape index (κ1) is 14.9. The van der Waals surface area contributed by atoms with Crippen molar-refractivity contribution in [2.75, 3.05) is 6.79 Å². The van der Waals surface area contributed by atoms with E-state index in [2.05, 4.69) is 10.3 Å².